The summed E-state index contributed by atoms with van der Waals surface area (Å²) in [5.41, 5.74) is 3.37. The zero-order valence-corrected chi connectivity index (χ0v) is 9.59. The van der Waals surface area contributed by atoms with Gasteiger partial charge in [0, 0.05) is 24.4 Å². The van der Waals surface area contributed by atoms with Crippen LogP contribution >= 0.6 is 0 Å². The maximum absolute atomic E-state index is 13.8. The normalized spacial score (nSPS) is 14.7. The lowest BCUT2D eigenvalue weighted by Crippen LogP contribution is -2.14. The largest absolute Gasteiger partial charge is 0.387 e. The van der Waals surface area contributed by atoms with Crippen LogP contribution in [0, 0.1) is 5.82 Å². The van der Waals surface area contributed by atoms with E-state index in [9.17, 15) is 4.39 Å². The smallest absolute Gasteiger partial charge is 0.149 e. The van der Waals surface area contributed by atoms with Gasteiger partial charge in [-0.2, -0.15) is 0 Å². The Labute approximate surface area is 98.6 Å². The fourth-order valence-corrected chi connectivity index (χ4v) is 2.33. The van der Waals surface area contributed by atoms with Gasteiger partial charge in [0.2, 0.25) is 0 Å². The number of fused-ring (bicyclic) bond motifs is 2. The van der Waals surface area contributed by atoms with Gasteiger partial charge in [0.15, 0.2) is 0 Å². The number of ether oxygens (including phenoxy) is 1. The summed E-state index contributed by atoms with van der Waals surface area (Å²) in [6.07, 6.45) is 0.744. The second kappa shape index (κ2) is 3.96. The van der Waals surface area contributed by atoms with Crippen LogP contribution < -0.4 is 5.32 Å². The van der Waals surface area contributed by atoms with Crippen LogP contribution in [0.3, 0.4) is 0 Å². The van der Waals surface area contributed by atoms with E-state index in [2.05, 4.69) is 10.3 Å². The molecule has 3 nitrogen and oxygen atoms in total. The Kier molecular flexibility index (Phi) is 2.44. The van der Waals surface area contributed by atoms with Crippen LogP contribution in [0.4, 0.5) is 10.1 Å². The van der Waals surface area contributed by atoms with Crippen molar-refractivity contribution < 1.29 is 9.13 Å². The van der Waals surface area contributed by atoms with Crippen molar-refractivity contribution >= 4 is 16.6 Å². The summed E-state index contributed by atoms with van der Waals surface area (Å²) < 4.78 is 19.2. The number of pyridine rings is 1. The lowest BCUT2D eigenvalue weighted by atomic mass is 10.0. The fourth-order valence-electron chi connectivity index (χ4n) is 2.33. The summed E-state index contributed by atoms with van der Waals surface area (Å²) >= 11 is 0. The van der Waals surface area contributed by atoms with E-state index >= 15 is 0 Å². The number of nitrogens with one attached hydrogen (secondary N) is 1. The molecular weight excluding hydrogens is 219 g/mol. The first-order valence-electron chi connectivity index (χ1n) is 5.66. The molecule has 3 rings (SSSR count). The highest BCUT2D eigenvalue weighted by Crippen LogP contribution is 2.32. The monoisotopic (exact) mass is 232 g/mol. The van der Waals surface area contributed by atoms with Crippen molar-refractivity contribution in [1.82, 2.24) is 4.98 Å². The molecular formula is C13H13FN2O. The number of hydrogen-bond acceptors (Lipinski definition) is 3. The summed E-state index contributed by atoms with van der Waals surface area (Å²) in [5.74, 6) is -0.270. The van der Waals surface area contributed by atoms with E-state index in [-0.39, 0.29) is 5.82 Å². The van der Waals surface area contributed by atoms with Gasteiger partial charge in [-0.3, -0.25) is 0 Å². The van der Waals surface area contributed by atoms with Crippen LogP contribution in [0.25, 0.3) is 10.9 Å². The molecule has 0 fully saturated rings. The zero-order valence-electron chi connectivity index (χ0n) is 9.59. The van der Waals surface area contributed by atoms with E-state index < -0.39 is 0 Å². The van der Waals surface area contributed by atoms with Crippen LogP contribution in [-0.2, 0) is 17.8 Å². The predicted molar refractivity (Wildman–Crippen MR) is 64.6 cm³/mol. The highest BCUT2D eigenvalue weighted by Gasteiger charge is 2.18. The third-order valence-corrected chi connectivity index (χ3v) is 3.13. The van der Waals surface area contributed by atoms with Gasteiger partial charge in [0.25, 0.3) is 0 Å². The molecule has 0 amide bonds. The minimum atomic E-state index is -0.270. The van der Waals surface area contributed by atoms with E-state index in [4.69, 9.17) is 4.74 Å². The van der Waals surface area contributed by atoms with Crippen molar-refractivity contribution in [3.63, 3.8) is 0 Å². The number of benzene rings is 1. The predicted octanol–water partition coefficient (Wildman–Crippen LogP) is 2.49. The molecule has 0 unspecified atom stereocenters. The molecule has 1 aromatic carbocycles. The Balaban J connectivity index is 2.39. The molecule has 4 heteroatoms. The van der Waals surface area contributed by atoms with Crippen molar-refractivity contribution in [3.8, 4) is 0 Å². The molecule has 0 bridgehead atoms. The Morgan fingerprint density at radius 3 is 3.12 bits per heavy atom. The van der Waals surface area contributed by atoms with Gasteiger partial charge >= 0.3 is 0 Å². The van der Waals surface area contributed by atoms with Gasteiger partial charge in [-0.05, 0) is 6.07 Å². The zero-order chi connectivity index (χ0) is 11.8. The van der Waals surface area contributed by atoms with E-state index in [1.54, 1.807) is 6.07 Å². The molecule has 0 atom stereocenters. The molecule has 1 aliphatic heterocycles. The summed E-state index contributed by atoms with van der Waals surface area (Å²) in [7, 11) is 1.84. The fraction of sp³-hybridized carbons (Fsp3) is 0.308. The molecule has 0 saturated carbocycles. The number of halogens is 1. The Morgan fingerprint density at radius 2 is 2.29 bits per heavy atom. The molecule has 1 aliphatic rings. The number of anilines is 1. The first-order chi connectivity index (χ1) is 8.31. The third kappa shape index (κ3) is 1.56. The van der Waals surface area contributed by atoms with Crippen molar-refractivity contribution in [2.75, 3.05) is 19.0 Å². The second-order valence-corrected chi connectivity index (χ2v) is 4.10. The second-order valence-electron chi connectivity index (χ2n) is 4.10. The van der Waals surface area contributed by atoms with Gasteiger partial charge in [0.05, 0.1) is 24.6 Å². The highest BCUT2D eigenvalue weighted by molar-refractivity contribution is 5.93. The van der Waals surface area contributed by atoms with Crippen LogP contribution in [0.1, 0.15) is 11.3 Å². The Morgan fingerprint density at radius 1 is 1.41 bits per heavy atom. The lowest BCUT2D eigenvalue weighted by molar-refractivity contribution is 0.110. The van der Waals surface area contributed by atoms with E-state index in [1.807, 2.05) is 13.1 Å². The Hall–Kier alpha value is -1.68. The number of aromatic nitrogens is 1. The summed E-state index contributed by atoms with van der Waals surface area (Å²) in [6.45, 7) is 1.20. The standard InChI is InChI=1S/C13H13FN2O/c1-15-12-8-3-2-4-10(14)13(8)16-11-5-6-17-7-9(11)12/h2-4H,5-7H2,1H3,(H,15,16). The van der Waals surface area contributed by atoms with Crippen LogP contribution in [0.5, 0.6) is 0 Å². The van der Waals surface area contributed by atoms with E-state index in [0.29, 0.717) is 18.7 Å². The van der Waals surface area contributed by atoms with Crippen molar-refractivity contribution in [2.45, 2.75) is 13.0 Å². The first-order valence-corrected chi connectivity index (χ1v) is 5.66. The molecule has 2 heterocycles. The minimum absolute atomic E-state index is 0.270. The summed E-state index contributed by atoms with van der Waals surface area (Å²) in [6, 6.07) is 5.03. The quantitative estimate of drug-likeness (QED) is 0.820. The minimum Gasteiger partial charge on any atom is -0.387 e. The lowest BCUT2D eigenvalue weighted by Gasteiger charge is -2.20. The van der Waals surface area contributed by atoms with Crippen molar-refractivity contribution in [2.24, 2.45) is 0 Å². The molecule has 1 N–H and O–H groups in total. The molecule has 0 spiro atoms. The molecule has 17 heavy (non-hydrogen) atoms. The molecule has 0 radical (unpaired) electrons. The van der Waals surface area contributed by atoms with E-state index in [0.717, 1.165) is 28.8 Å². The summed E-state index contributed by atoms with van der Waals surface area (Å²) in [4.78, 5) is 4.43. The van der Waals surface area contributed by atoms with Gasteiger partial charge in [-0.25, -0.2) is 9.37 Å². The Bertz CT molecular complexity index is 583. The van der Waals surface area contributed by atoms with E-state index in [1.165, 1.54) is 6.07 Å². The molecule has 0 saturated heterocycles. The average molecular weight is 232 g/mol. The molecule has 1 aromatic heterocycles. The molecule has 2 aromatic rings. The van der Waals surface area contributed by atoms with Gasteiger partial charge in [0.1, 0.15) is 11.3 Å². The average Bonchev–Trinajstić information content (AvgIpc) is 2.37. The number of rotatable bonds is 1. The highest BCUT2D eigenvalue weighted by atomic mass is 19.1. The number of hydrogen-bond donors (Lipinski definition) is 1. The van der Waals surface area contributed by atoms with Crippen LogP contribution in [0.15, 0.2) is 18.2 Å². The van der Waals surface area contributed by atoms with Gasteiger partial charge in [-0.1, -0.05) is 12.1 Å². The van der Waals surface area contributed by atoms with Crippen LogP contribution in [0.2, 0.25) is 0 Å². The van der Waals surface area contributed by atoms with Crippen molar-refractivity contribution in [3.05, 3.63) is 35.3 Å². The number of nitrogens with zero attached hydrogens (tertiary/aromatic N) is 1. The SMILES string of the molecule is CNc1c2c(nc3c(F)cccc13)CCOC2. The number of para-hydroxylation sites is 1. The topological polar surface area (TPSA) is 34.2 Å². The maximum atomic E-state index is 13.8. The van der Waals surface area contributed by atoms with Gasteiger partial charge < -0.3 is 10.1 Å². The molecule has 88 valence electrons. The van der Waals surface area contributed by atoms with Gasteiger partial charge in [-0.15, -0.1) is 0 Å². The molecule has 0 aliphatic carbocycles. The summed E-state index contributed by atoms with van der Waals surface area (Å²) in [5, 5.41) is 3.96. The third-order valence-electron chi connectivity index (χ3n) is 3.13. The van der Waals surface area contributed by atoms with Crippen molar-refractivity contribution in [1.29, 1.82) is 0 Å². The van der Waals surface area contributed by atoms with Crippen LogP contribution in [-0.4, -0.2) is 18.6 Å². The maximum Gasteiger partial charge on any atom is 0.149 e. The first kappa shape index (κ1) is 10.5.